The Bertz CT molecular complexity index is 692. The summed E-state index contributed by atoms with van der Waals surface area (Å²) in [5.74, 6) is -8.00. The Labute approximate surface area is 310 Å². The van der Waals surface area contributed by atoms with Gasteiger partial charge < -0.3 is 42.5 Å². The molecule has 8 amide bonds. The van der Waals surface area contributed by atoms with Gasteiger partial charge in [-0.3, -0.25) is 38.4 Å². The molecule has 16 nitrogen and oxygen atoms in total. The third kappa shape index (κ3) is 36.6. The second-order valence-electron chi connectivity index (χ2n) is 6.24. The van der Waals surface area contributed by atoms with Crippen molar-refractivity contribution in [3.63, 3.8) is 0 Å². The number of nitrogens with one attached hydrogen (secondary N) is 8. The zero-order valence-electron chi connectivity index (χ0n) is 21.3. The summed E-state index contributed by atoms with van der Waals surface area (Å²) in [4.78, 5) is 92.8. The fraction of sp³-hybridized carbons (Fsp3) is 0.500. The van der Waals surface area contributed by atoms with E-state index >= 15 is 0 Å². The van der Waals surface area contributed by atoms with E-state index in [-0.39, 0.29) is 52.4 Å². The van der Waals surface area contributed by atoms with Crippen LogP contribution in [0, 0.1) is 0 Å². The van der Waals surface area contributed by atoms with Crippen LogP contribution in [-0.4, -0.2) is 99.6 Å². The van der Waals surface area contributed by atoms with Crippen LogP contribution in [0.3, 0.4) is 0 Å². The van der Waals surface area contributed by atoms with E-state index in [2.05, 4.69) is 42.5 Å². The van der Waals surface area contributed by atoms with Crippen molar-refractivity contribution in [1.29, 1.82) is 0 Å². The summed E-state index contributed by atoms with van der Waals surface area (Å²) in [5, 5.41) is 17.7. The Balaban J connectivity index is -0.000000572. The maximum atomic E-state index is 11.6. The van der Waals surface area contributed by atoms with Crippen molar-refractivity contribution in [2.45, 2.75) is 0 Å². The molecule has 1 saturated heterocycles. The molecule has 0 unspecified atom stereocenters. The van der Waals surface area contributed by atoms with E-state index in [0.717, 1.165) is 0 Å². The molecule has 0 bridgehead atoms. The summed E-state index contributed by atoms with van der Waals surface area (Å²) >= 11 is 1.53. The Morgan fingerprint density at radius 2 is 0.341 bits per heavy atom. The molecule has 1 rings (SSSR count). The molecule has 0 aliphatic carbocycles. The van der Waals surface area contributed by atoms with Gasteiger partial charge in [-0.2, -0.15) is 0 Å². The molecule has 0 spiro atoms. The van der Waals surface area contributed by atoms with Crippen LogP contribution in [0.4, 0.5) is 0 Å². The van der Waals surface area contributed by atoms with E-state index in [1.54, 1.807) is 0 Å². The van der Waals surface area contributed by atoms with E-state index in [9.17, 15) is 38.4 Å². The molecule has 1 aliphatic heterocycles. The molecule has 1 fully saturated rings. The second kappa shape index (κ2) is 39.3. The van der Waals surface area contributed by atoms with Gasteiger partial charge in [-0.05, 0) is 0 Å². The maximum absolute atomic E-state index is 11.6. The van der Waals surface area contributed by atoms with Gasteiger partial charge in [-0.25, -0.2) is 0 Å². The monoisotopic (exact) mass is 972 g/mol. The van der Waals surface area contributed by atoms with Crippen LogP contribution in [0.1, 0.15) is 0 Å². The van der Waals surface area contributed by atoms with Crippen LogP contribution in [0.25, 0.3) is 0 Å². The van der Waals surface area contributed by atoms with Crippen LogP contribution in [0.15, 0.2) is 0 Å². The second-order valence-corrected chi connectivity index (χ2v) is 13.1. The first-order chi connectivity index (χ1) is 20.9. The number of rotatable bonds is 0. The molecule has 28 heteroatoms. The van der Waals surface area contributed by atoms with Crippen molar-refractivity contribution in [2.75, 3.05) is 52.4 Å². The third-order valence-electron chi connectivity index (χ3n) is 3.61. The first-order valence-corrected chi connectivity index (χ1v) is 21.9. The SMILES string of the molecule is O=C1NCCNC(=O)C(=O)NCCNC(=O)C(=O)NCCNC(=O)C(=O)NCCNC1=O.[Cl][Co][Cl].[Cl][Co][Cl].[Cl][Co][Cl].[Cl][Co][Cl]. The molecule has 0 aromatic rings. The number of carbonyl (C=O) groups is 8. The molecule has 0 saturated carbocycles. The van der Waals surface area contributed by atoms with Crippen LogP contribution >= 0.6 is 81.2 Å². The Morgan fingerprint density at radius 3 is 0.409 bits per heavy atom. The molecular formula is C16H24Cl8Co4N8O8. The number of hydrogen-bond donors (Lipinski definition) is 8. The third-order valence-corrected chi connectivity index (χ3v) is 3.61. The van der Waals surface area contributed by atoms with Gasteiger partial charge in [0.15, 0.2) is 0 Å². The summed E-state index contributed by atoms with van der Waals surface area (Å²) < 4.78 is 0. The van der Waals surface area contributed by atoms with E-state index in [0.29, 0.717) is 51.6 Å². The fourth-order valence-electron chi connectivity index (χ4n) is 2.05. The molecule has 268 valence electrons. The zero-order valence-corrected chi connectivity index (χ0v) is 31.5. The van der Waals surface area contributed by atoms with Crippen molar-refractivity contribution in [3.05, 3.63) is 0 Å². The predicted octanol–water partition coefficient (Wildman–Crippen LogP) is -1.56. The summed E-state index contributed by atoms with van der Waals surface area (Å²) in [7, 11) is 37.9. The molecule has 1 aliphatic rings. The van der Waals surface area contributed by atoms with Crippen LogP contribution in [-0.2, 0) is 89.9 Å². The fourth-order valence-corrected chi connectivity index (χ4v) is 2.05. The van der Waals surface area contributed by atoms with Crippen LogP contribution in [0.2, 0.25) is 0 Å². The number of amides is 8. The van der Waals surface area contributed by atoms with Crippen molar-refractivity contribution in [2.24, 2.45) is 0 Å². The molecule has 1 heterocycles. The summed E-state index contributed by atoms with van der Waals surface area (Å²) in [5.41, 5.74) is 0. The molecular weight excluding hydrogens is 952 g/mol. The summed E-state index contributed by atoms with van der Waals surface area (Å²) in [6.45, 7) is -1.16. The first-order valence-electron chi connectivity index (χ1n) is 10.5. The first kappa shape index (κ1) is 51.0. The van der Waals surface area contributed by atoms with E-state index < -0.39 is 47.3 Å². The van der Waals surface area contributed by atoms with Crippen LogP contribution < -0.4 is 42.5 Å². The van der Waals surface area contributed by atoms with Gasteiger partial charge in [0.2, 0.25) is 0 Å². The summed E-state index contributed by atoms with van der Waals surface area (Å²) in [6, 6.07) is 0. The van der Waals surface area contributed by atoms with E-state index in [1.807, 2.05) is 0 Å². The molecule has 0 radical (unpaired) electrons. The average Bonchev–Trinajstić information content (AvgIpc) is 2.98. The predicted molar refractivity (Wildman–Crippen MR) is 151 cm³/mol. The van der Waals surface area contributed by atoms with Crippen molar-refractivity contribution < 1.29 is 89.9 Å². The van der Waals surface area contributed by atoms with Crippen molar-refractivity contribution in [1.82, 2.24) is 42.5 Å². The average molecular weight is 976 g/mol. The standard InChI is InChI=1S/C16H24N8O8.8ClH.4Co/c25-9-10(26)19-3-4-21-13(29)14(30)23-7-8-24-16(32)15(31)22-6-5-20-12(28)11(27)18-2-1-17-9;;;;;;;;;;;;/h1-8H2,(H,17,25)(H,18,27)(H,19,26)(H,20,28)(H,21,29)(H,22,31)(H,23,30)(H,24,32);8*1H;;;;/q;;;;;;;;;4*+2/p-8. The van der Waals surface area contributed by atoms with Gasteiger partial charge in [-0.15, -0.1) is 0 Å². The minimum absolute atomic E-state index is 0.145. The Hall–Kier alpha value is 0.106. The summed E-state index contributed by atoms with van der Waals surface area (Å²) in [6.07, 6.45) is 0. The van der Waals surface area contributed by atoms with Gasteiger partial charge in [0, 0.05) is 52.4 Å². The van der Waals surface area contributed by atoms with Crippen molar-refractivity contribution in [3.8, 4) is 0 Å². The normalized spacial score (nSPS) is 16.2. The van der Waals surface area contributed by atoms with E-state index in [4.69, 9.17) is 81.2 Å². The van der Waals surface area contributed by atoms with Gasteiger partial charge in [0.1, 0.15) is 0 Å². The zero-order chi connectivity index (χ0) is 34.8. The van der Waals surface area contributed by atoms with Gasteiger partial charge in [-0.1, -0.05) is 0 Å². The topological polar surface area (TPSA) is 233 Å². The molecule has 8 N–H and O–H groups in total. The molecule has 44 heavy (non-hydrogen) atoms. The molecule has 0 aromatic heterocycles. The number of hydrogen-bond acceptors (Lipinski definition) is 8. The Morgan fingerprint density at radius 1 is 0.273 bits per heavy atom. The van der Waals surface area contributed by atoms with Crippen LogP contribution in [0.5, 0.6) is 0 Å². The van der Waals surface area contributed by atoms with Crippen molar-refractivity contribution >= 4 is 128 Å². The Kier molecular flexibility index (Phi) is 45.5. The van der Waals surface area contributed by atoms with Gasteiger partial charge in [0.05, 0.1) is 0 Å². The van der Waals surface area contributed by atoms with E-state index in [1.165, 1.54) is 0 Å². The minimum atomic E-state index is -1.000. The quantitative estimate of drug-likeness (QED) is 0.132. The number of carbonyl (C=O) groups excluding carboxylic acids is 8. The molecule has 0 aromatic carbocycles. The van der Waals surface area contributed by atoms with Gasteiger partial charge >= 0.3 is 180 Å². The number of halogens is 8. The van der Waals surface area contributed by atoms with Gasteiger partial charge in [0.25, 0.3) is 0 Å². The molecule has 0 atom stereocenters.